The lowest BCUT2D eigenvalue weighted by atomic mass is 9.62. The zero-order chi connectivity index (χ0) is 29.2. The Hall–Kier alpha value is -2.94. The molecular formula is C25H23Cl2F5N2O4. The number of halogens is 7. The minimum absolute atomic E-state index is 0.153. The number of hydrogen-bond acceptors (Lipinski definition) is 4. The second kappa shape index (κ2) is 11.4. The van der Waals surface area contributed by atoms with E-state index in [2.05, 4.69) is 11.4 Å². The molecule has 0 spiro atoms. The molecule has 6 nitrogen and oxygen atoms in total. The Morgan fingerprint density at radius 3 is 1.97 bits per heavy atom. The highest BCUT2D eigenvalue weighted by molar-refractivity contribution is 6.30. The predicted octanol–water partition coefficient (Wildman–Crippen LogP) is 6.31. The first-order valence-corrected chi connectivity index (χ1v) is 11.7. The number of alkyl halides is 3. The first-order valence-electron chi connectivity index (χ1n) is 11.0. The van der Waals surface area contributed by atoms with Crippen LogP contribution in [0.3, 0.4) is 0 Å². The summed E-state index contributed by atoms with van der Waals surface area (Å²) < 4.78 is 62.2. The lowest BCUT2D eigenvalue weighted by Gasteiger charge is -2.37. The van der Waals surface area contributed by atoms with Crippen molar-refractivity contribution < 1.29 is 41.8 Å². The number of rotatable bonds is 4. The Labute approximate surface area is 225 Å². The molecule has 0 aromatic heterocycles. The molecule has 2 aromatic rings. The lowest BCUT2D eigenvalue weighted by molar-refractivity contribution is -0.192. The van der Waals surface area contributed by atoms with Crippen LogP contribution in [0.5, 0.6) is 0 Å². The van der Waals surface area contributed by atoms with Gasteiger partial charge in [-0.2, -0.15) is 18.4 Å². The monoisotopic (exact) mass is 580 g/mol. The number of hydrogen-bond donors (Lipinski definition) is 3. The number of carboxylic acid groups (broad SMARTS) is 2. The van der Waals surface area contributed by atoms with Crippen molar-refractivity contribution in [1.82, 2.24) is 5.32 Å². The van der Waals surface area contributed by atoms with Crippen molar-refractivity contribution in [3.8, 4) is 6.07 Å². The van der Waals surface area contributed by atoms with E-state index >= 15 is 8.78 Å². The molecule has 13 heteroatoms. The van der Waals surface area contributed by atoms with E-state index in [-0.39, 0.29) is 10.4 Å². The highest BCUT2D eigenvalue weighted by atomic mass is 35.5. The van der Waals surface area contributed by atoms with Crippen molar-refractivity contribution in [2.45, 2.75) is 56.8 Å². The fourth-order valence-electron chi connectivity index (χ4n) is 4.60. The molecule has 2 aromatic carbocycles. The average Bonchev–Trinajstić information content (AvgIpc) is 3.06. The van der Waals surface area contributed by atoms with Gasteiger partial charge >= 0.3 is 18.1 Å². The number of benzene rings is 2. The molecule has 0 aliphatic carbocycles. The molecule has 3 N–H and O–H groups in total. The van der Waals surface area contributed by atoms with Crippen LogP contribution in [0.4, 0.5) is 22.0 Å². The highest BCUT2D eigenvalue weighted by Gasteiger charge is 2.61. The van der Waals surface area contributed by atoms with Gasteiger partial charge in [-0.05, 0) is 41.7 Å². The van der Waals surface area contributed by atoms with E-state index in [1.807, 2.05) is 20.8 Å². The number of carbonyl (C=O) groups is 2. The van der Waals surface area contributed by atoms with Gasteiger partial charge in [0.15, 0.2) is 0 Å². The van der Waals surface area contributed by atoms with Gasteiger partial charge in [0, 0.05) is 27.6 Å². The zero-order valence-electron chi connectivity index (χ0n) is 20.2. The minimum atomic E-state index is -5.08. The summed E-state index contributed by atoms with van der Waals surface area (Å²) in [6, 6.07) is 8.26. The van der Waals surface area contributed by atoms with Gasteiger partial charge in [0.05, 0.1) is 6.07 Å². The summed E-state index contributed by atoms with van der Waals surface area (Å²) >= 11 is 12.0. The molecule has 3 rings (SSSR count). The third-order valence-corrected chi connectivity index (χ3v) is 6.35. The summed E-state index contributed by atoms with van der Waals surface area (Å²) in [6.07, 6.45) is -4.79. The van der Waals surface area contributed by atoms with Crippen LogP contribution in [-0.2, 0) is 15.0 Å². The van der Waals surface area contributed by atoms with E-state index in [4.69, 9.17) is 33.1 Å². The number of nitriles is 1. The van der Waals surface area contributed by atoms with Crippen LogP contribution in [0.2, 0.25) is 10.0 Å². The number of aliphatic carboxylic acids is 2. The molecule has 206 valence electrons. The van der Waals surface area contributed by atoms with E-state index in [9.17, 15) is 28.3 Å². The minimum Gasteiger partial charge on any atom is -0.480 e. The summed E-state index contributed by atoms with van der Waals surface area (Å²) in [7, 11) is 0. The average molecular weight is 581 g/mol. The maximum atomic E-state index is 15.2. The van der Waals surface area contributed by atoms with Gasteiger partial charge in [-0.25, -0.2) is 13.6 Å². The molecule has 0 amide bonds. The van der Waals surface area contributed by atoms with Gasteiger partial charge in [0.2, 0.25) is 0 Å². The third kappa shape index (κ3) is 6.73. The first kappa shape index (κ1) is 31.3. The predicted molar refractivity (Wildman–Crippen MR) is 129 cm³/mol. The first-order chi connectivity index (χ1) is 17.3. The van der Waals surface area contributed by atoms with Crippen LogP contribution in [0.15, 0.2) is 36.4 Å². The van der Waals surface area contributed by atoms with Gasteiger partial charge in [-0.1, -0.05) is 56.1 Å². The molecule has 38 heavy (non-hydrogen) atoms. The summed E-state index contributed by atoms with van der Waals surface area (Å²) in [6.45, 7) is 5.73. The normalized spacial score (nSPS) is 23.2. The van der Waals surface area contributed by atoms with Gasteiger partial charge < -0.3 is 10.2 Å². The second-order valence-corrected chi connectivity index (χ2v) is 10.7. The van der Waals surface area contributed by atoms with Crippen LogP contribution in [0, 0.1) is 28.4 Å². The van der Waals surface area contributed by atoms with Gasteiger partial charge in [-0.3, -0.25) is 10.1 Å². The zero-order valence-corrected chi connectivity index (χ0v) is 21.7. The molecule has 4 atom stereocenters. The molecule has 1 heterocycles. The van der Waals surface area contributed by atoms with Crippen molar-refractivity contribution in [2.24, 2.45) is 5.41 Å². The summed E-state index contributed by atoms with van der Waals surface area (Å²) in [5, 5.41) is 30.7. The van der Waals surface area contributed by atoms with Gasteiger partial charge in [0.1, 0.15) is 23.1 Å². The van der Waals surface area contributed by atoms with Crippen LogP contribution < -0.4 is 5.32 Å². The molecule has 1 saturated heterocycles. The number of nitrogens with one attached hydrogen (secondary N) is 1. The molecule has 1 aliphatic rings. The Bertz CT molecular complexity index is 1240. The molecule has 1 aliphatic heterocycles. The maximum Gasteiger partial charge on any atom is 0.490 e. The van der Waals surface area contributed by atoms with Gasteiger partial charge in [-0.15, -0.1) is 0 Å². The summed E-state index contributed by atoms with van der Waals surface area (Å²) in [4.78, 5) is 21.1. The molecular weight excluding hydrogens is 558 g/mol. The SMILES string of the molecule is CC(C)(C)C[C@@H]1N[C@@H](C(=O)O)[C@H](c2cccc(Cl)c2)[C@@]1(C#N)c1c(F)cc(Cl)cc1F.O=C(O)C(F)(F)F. The van der Waals surface area contributed by atoms with Crippen LogP contribution in [0.25, 0.3) is 0 Å². The van der Waals surface area contributed by atoms with E-state index in [0.717, 1.165) is 12.1 Å². The van der Waals surface area contributed by atoms with E-state index in [0.29, 0.717) is 17.0 Å². The van der Waals surface area contributed by atoms with Crippen molar-refractivity contribution in [2.75, 3.05) is 0 Å². The smallest absolute Gasteiger partial charge is 0.480 e. The Morgan fingerprint density at radius 1 is 1.05 bits per heavy atom. The fraction of sp³-hybridized carbons (Fsp3) is 0.400. The molecule has 0 radical (unpaired) electrons. The third-order valence-electron chi connectivity index (χ3n) is 5.89. The fourth-order valence-corrected chi connectivity index (χ4v) is 4.99. The number of carboxylic acids is 2. The Balaban J connectivity index is 0.000000638. The molecule has 1 fully saturated rings. The molecule has 0 saturated carbocycles. The highest BCUT2D eigenvalue weighted by Crippen LogP contribution is 2.52. The second-order valence-electron chi connectivity index (χ2n) is 9.86. The van der Waals surface area contributed by atoms with Crippen LogP contribution in [0.1, 0.15) is 44.2 Å². The number of nitrogens with zero attached hydrogens (tertiary/aromatic N) is 1. The van der Waals surface area contributed by atoms with E-state index in [1.54, 1.807) is 18.2 Å². The lowest BCUT2D eigenvalue weighted by Crippen LogP contribution is -2.45. The molecule has 0 bridgehead atoms. The van der Waals surface area contributed by atoms with Gasteiger partial charge in [0.25, 0.3) is 0 Å². The standard InChI is InChI=1S/C23H22Cl2F2N2O2.C2HF3O2/c1-22(2,3)10-17-23(11-28,19-15(26)8-14(25)9-16(19)27)18(20(29-17)21(30)31)12-5-4-6-13(24)7-12;3-2(4,5)1(6)7/h4-9,17-18,20,29H,10H2,1-3H3,(H,30,31);(H,6,7)/t17-,18-,20+,23-;/m0./s1. The van der Waals surface area contributed by atoms with Crippen molar-refractivity contribution in [3.05, 3.63) is 69.2 Å². The summed E-state index contributed by atoms with van der Waals surface area (Å²) in [5.74, 6) is -7.08. The topological polar surface area (TPSA) is 110 Å². The maximum absolute atomic E-state index is 15.2. The van der Waals surface area contributed by atoms with Crippen molar-refractivity contribution >= 4 is 35.1 Å². The summed E-state index contributed by atoms with van der Waals surface area (Å²) in [5.41, 5.74) is -2.32. The van der Waals surface area contributed by atoms with Crippen LogP contribution in [-0.4, -0.2) is 40.4 Å². The Kier molecular flexibility index (Phi) is 9.41. The quantitative estimate of drug-likeness (QED) is 0.365. The largest absolute Gasteiger partial charge is 0.490 e. The van der Waals surface area contributed by atoms with E-state index in [1.165, 1.54) is 6.07 Å². The van der Waals surface area contributed by atoms with Crippen LogP contribution >= 0.6 is 23.2 Å². The molecule has 0 unspecified atom stereocenters. The Morgan fingerprint density at radius 2 is 1.58 bits per heavy atom. The van der Waals surface area contributed by atoms with E-state index < -0.39 is 58.7 Å². The van der Waals surface area contributed by atoms with Crippen molar-refractivity contribution in [3.63, 3.8) is 0 Å². The van der Waals surface area contributed by atoms with Crippen molar-refractivity contribution in [1.29, 1.82) is 5.26 Å².